The molecule has 5 heteroatoms. The Morgan fingerprint density at radius 3 is 2.79 bits per heavy atom. The van der Waals surface area contributed by atoms with E-state index in [9.17, 15) is 4.79 Å². The normalized spacial score (nSPS) is 23.2. The van der Waals surface area contributed by atoms with E-state index >= 15 is 0 Å². The topological polar surface area (TPSA) is 63.5 Å². The van der Waals surface area contributed by atoms with Crippen molar-refractivity contribution in [2.75, 3.05) is 13.2 Å². The molecule has 2 aromatic rings. The number of urea groups is 1. The van der Waals surface area contributed by atoms with Crippen LogP contribution >= 0.6 is 0 Å². The van der Waals surface area contributed by atoms with Crippen LogP contribution in [0.1, 0.15) is 43.6 Å². The molecule has 2 atom stereocenters. The van der Waals surface area contributed by atoms with Crippen molar-refractivity contribution in [1.29, 1.82) is 0 Å². The first-order valence-corrected chi connectivity index (χ1v) is 8.72. The number of carbonyl (C=O) groups is 1. The van der Waals surface area contributed by atoms with Crippen LogP contribution in [-0.2, 0) is 4.74 Å². The molecule has 2 N–H and O–H groups in total. The van der Waals surface area contributed by atoms with Crippen LogP contribution in [0.25, 0.3) is 11.0 Å². The second-order valence-corrected chi connectivity index (χ2v) is 7.16. The van der Waals surface area contributed by atoms with Crippen LogP contribution in [0.5, 0.6) is 0 Å². The summed E-state index contributed by atoms with van der Waals surface area (Å²) < 4.78 is 11.4. The van der Waals surface area contributed by atoms with Gasteiger partial charge in [0.1, 0.15) is 11.3 Å². The van der Waals surface area contributed by atoms with Crippen molar-refractivity contribution in [2.24, 2.45) is 5.41 Å². The van der Waals surface area contributed by atoms with E-state index in [-0.39, 0.29) is 23.5 Å². The third-order valence-electron chi connectivity index (χ3n) is 5.61. The number of nitrogens with one attached hydrogen (secondary N) is 2. The van der Waals surface area contributed by atoms with Crippen molar-refractivity contribution in [2.45, 2.75) is 45.2 Å². The van der Waals surface area contributed by atoms with Crippen LogP contribution in [0.3, 0.4) is 0 Å². The molecule has 1 saturated carbocycles. The summed E-state index contributed by atoms with van der Waals surface area (Å²) in [7, 11) is 0. The SMILES string of the molecule is Cc1c([C@H](C)NC(=O)NC2CC23CCOCC3)oc2ccccc12. The quantitative estimate of drug-likeness (QED) is 0.903. The molecule has 1 saturated heterocycles. The number of fused-ring (bicyclic) bond motifs is 1. The summed E-state index contributed by atoms with van der Waals surface area (Å²) in [6.07, 6.45) is 3.17. The monoisotopic (exact) mass is 328 g/mol. The molecule has 1 aliphatic carbocycles. The first kappa shape index (κ1) is 15.5. The Balaban J connectivity index is 1.39. The summed E-state index contributed by atoms with van der Waals surface area (Å²) >= 11 is 0. The summed E-state index contributed by atoms with van der Waals surface area (Å²) in [6.45, 7) is 5.62. The van der Waals surface area contributed by atoms with Gasteiger partial charge in [-0.3, -0.25) is 0 Å². The van der Waals surface area contributed by atoms with E-state index in [1.165, 1.54) is 0 Å². The van der Waals surface area contributed by atoms with Crippen molar-refractivity contribution < 1.29 is 13.9 Å². The van der Waals surface area contributed by atoms with Gasteiger partial charge in [-0.15, -0.1) is 0 Å². The number of aryl methyl sites for hydroxylation is 1. The third-order valence-corrected chi connectivity index (χ3v) is 5.61. The molecule has 2 aliphatic rings. The summed E-state index contributed by atoms with van der Waals surface area (Å²) in [4.78, 5) is 12.3. The lowest BCUT2D eigenvalue weighted by atomic mass is 9.96. The molecule has 2 amide bonds. The van der Waals surface area contributed by atoms with Gasteiger partial charge in [-0.05, 0) is 44.6 Å². The maximum absolute atomic E-state index is 12.3. The number of para-hydroxylation sites is 1. The lowest BCUT2D eigenvalue weighted by molar-refractivity contribution is 0.0547. The minimum absolute atomic E-state index is 0.115. The van der Waals surface area contributed by atoms with Gasteiger partial charge in [0.15, 0.2) is 0 Å². The third kappa shape index (κ3) is 2.67. The molecule has 24 heavy (non-hydrogen) atoms. The number of hydrogen-bond donors (Lipinski definition) is 2. The molecular formula is C19H24N2O3. The number of hydrogen-bond acceptors (Lipinski definition) is 3. The summed E-state index contributed by atoms with van der Waals surface area (Å²) in [5.41, 5.74) is 2.24. The van der Waals surface area contributed by atoms with Gasteiger partial charge in [0.2, 0.25) is 0 Å². The Morgan fingerprint density at radius 2 is 2.04 bits per heavy atom. The Morgan fingerprint density at radius 1 is 1.29 bits per heavy atom. The van der Waals surface area contributed by atoms with Gasteiger partial charge in [0.05, 0.1) is 6.04 Å². The van der Waals surface area contributed by atoms with E-state index in [4.69, 9.17) is 9.15 Å². The standard InChI is InChI=1S/C19H24N2O3/c1-12-14-5-3-4-6-15(14)24-17(12)13(2)20-18(22)21-16-11-19(16)7-9-23-10-8-19/h3-6,13,16H,7-11H2,1-2H3,(H2,20,21,22)/t13-,16?/m0/s1. The van der Waals surface area contributed by atoms with E-state index in [1.54, 1.807) is 0 Å². The van der Waals surface area contributed by atoms with Crippen molar-refractivity contribution in [3.05, 3.63) is 35.6 Å². The number of benzene rings is 1. The largest absolute Gasteiger partial charge is 0.459 e. The molecule has 1 aromatic carbocycles. The molecule has 1 unspecified atom stereocenters. The van der Waals surface area contributed by atoms with Gasteiger partial charge >= 0.3 is 6.03 Å². The van der Waals surface area contributed by atoms with Crippen LogP contribution in [0.2, 0.25) is 0 Å². The van der Waals surface area contributed by atoms with Crippen LogP contribution in [0, 0.1) is 12.3 Å². The zero-order valence-electron chi connectivity index (χ0n) is 14.2. The number of furan rings is 1. The molecule has 1 aliphatic heterocycles. The van der Waals surface area contributed by atoms with E-state index < -0.39 is 0 Å². The number of carbonyl (C=O) groups excluding carboxylic acids is 1. The Kier molecular flexibility index (Phi) is 3.76. The average molecular weight is 328 g/mol. The van der Waals surface area contributed by atoms with E-state index in [0.717, 1.165) is 54.8 Å². The number of amides is 2. The van der Waals surface area contributed by atoms with Crippen molar-refractivity contribution in [3.63, 3.8) is 0 Å². The second kappa shape index (κ2) is 5.81. The highest BCUT2D eigenvalue weighted by atomic mass is 16.5. The summed E-state index contributed by atoms with van der Waals surface area (Å²) in [5, 5.41) is 7.24. The molecule has 2 heterocycles. The van der Waals surface area contributed by atoms with Crippen LogP contribution in [-0.4, -0.2) is 25.3 Å². The van der Waals surface area contributed by atoms with Gasteiger partial charge < -0.3 is 19.8 Å². The van der Waals surface area contributed by atoms with Gasteiger partial charge in [0, 0.05) is 30.2 Å². The van der Waals surface area contributed by atoms with Crippen LogP contribution in [0.4, 0.5) is 4.79 Å². The molecule has 1 aromatic heterocycles. The van der Waals surface area contributed by atoms with Gasteiger partial charge in [-0.2, -0.15) is 0 Å². The Labute approximate surface area is 141 Å². The zero-order chi connectivity index (χ0) is 16.7. The highest BCUT2D eigenvalue weighted by molar-refractivity contribution is 5.82. The fourth-order valence-corrected chi connectivity index (χ4v) is 3.95. The number of ether oxygens (including phenoxy) is 1. The number of rotatable bonds is 3. The van der Waals surface area contributed by atoms with E-state index in [2.05, 4.69) is 10.6 Å². The lowest BCUT2D eigenvalue weighted by Crippen LogP contribution is -2.40. The highest BCUT2D eigenvalue weighted by Gasteiger charge is 2.55. The first-order chi connectivity index (χ1) is 11.6. The lowest BCUT2D eigenvalue weighted by Gasteiger charge is -2.23. The molecular weight excluding hydrogens is 304 g/mol. The molecule has 0 radical (unpaired) electrons. The first-order valence-electron chi connectivity index (χ1n) is 8.72. The molecule has 0 bridgehead atoms. The van der Waals surface area contributed by atoms with Crippen LogP contribution < -0.4 is 10.6 Å². The summed E-state index contributed by atoms with van der Waals surface area (Å²) in [6, 6.07) is 7.96. The van der Waals surface area contributed by atoms with Gasteiger partial charge in [-0.25, -0.2) is 4.79 Å². The molecule has 128 valence electrons. The molecule has 5 nitrogen and oxygen atoms in total. The van der Waals surface area contributed by atoms with E-state index in [0.29, 0.717) is 0 Å². The van der Waals surface area contributed by atoms with Gasteiger partial charge in [-0.1, -0.05) is 18.2 Å². The zero-order valence-corrected chi connectivity index (χ0v) is 14.2. The minimum atomic E-state index is -0.165. The van der Waals surface area contributed by atoms with Crippen molar-refractivity contribution in [3.8, 4) is 0 Å². The predicted octanol–water partition coefficient (Wildman–Crippen LogP) is 3.67. The maximum atomic E-state index is 12.3. The van der Waals surface area contributed by atoms with Crippen LogP contribution in [0.15, 0.2) is 28.7 Å². The second-order valence-electron chi connectivity index (χ2n) is 7.16. The molecule has 1 spiro atoms. The van der Waals surface area contributed by atoms with E-state index in [1.807, 2.05) is 38.1 Å². The molecule has 2 fully saturated rings. The fourth-order valence-electron chi connectivity index (χ4n) is 3.95. The van der Waals surface area contributed by atoms with Gasteiger partial charge in [0.25, 0.3) is 0 Å². The minimum Gasteiger partial charge on any atom is -0.459 e. The fraction of sp³-hybridized carbons (Fsp3) is 0.526. The predicted molar refractivity (Wildman–Crippen MR) is 91.9 cm³/mol. The maximum Gasteiger partial charge on any atom is 0.315 e. The smallest absolute Gasteiger partial charge is 0.315 e. The Hall–Kier alpha value is -2.01. The average Bonchev–Trinajstić information content (AvgIpc) is 3.09. The molecule has 4 rings (SSSR count). The van der Waals surface area contributed by atoms with Crippen molar-refractivity contribution in [1.82, 2.24) is 10.6 Å². The Bertz CT molecular complexity index is 761. The summed E-state index contributed by atoms with van der Waals surface area (Å²) in [5.74, 6) is 0.822. The van der Waals surface area contributed by atoms with Crippen molar-refractivity contribution >= 4 is 17.0 Å². The highest BCUT2D eigenvalue weighted by Crippen LogP contribution is 2.53.